The molecule has 4 heteroatoms. The third-order valence-electron chi connectivity index (χ3n) is 2.80. The van der Waals surface area contributed by atoms with E-state index < -0.39 is 0 Å². The van der Waals surface area contributed by atoms with Gasteiger partial charge in [0.1, 0.15) is 0 Å². The van der Waals surface area contributed by atoms with Crippen molar-refractivity contribution in [2.24, 2.45) is 0 Å². The number of rotatable bonds is 1. The first-order chi connectivity index (χ1) is 10.3. The Kier molecular flexibility index (Phi) is 7.23. The Morgan fingerprint density at radius 1 is 1.19 bits per heavy atom. The minimum Gasteiger partial charge on any atom is -0.358 e. The number of carbonyl (C=O) groups is 1. The topological polar surface area (TPSA) is 57.8 Å². The maximum atomic E-state index is 11.6. The van der Waals surface area contributed by atoms with Crippen LogP contribution in [0.3, 0.4) is 0 Å². The number of amides is 1. The van der Waals surface area contributed by atoms with E-state index in [9.17, 15) is 4.79 Å². The number of carbonyl (C=O) groups excluding carboxylic acids is 1. The molecule has 2 N–H and O–H groups in total. The molecule has 3 heterocycles. The Bertz CT molecular complexity index is 546. The summed E-state index contributed by atoms with van der Waals surface area (Å²) in [5, 5.41) is 2.83. The van der Waals surface area contributed by atoms with Crippen molar-refractivity contribution in [2.75, 3.05) is 6.54 Å². The monoisotopic (exact) mass is 287 g/mol. The predicted molar refractivity (Wildman–Crippen MR) is 87.4 cm³/mol. The Hall–Kier alpha value is -2.10. The van der Waals surface area contributed by atoms with E-state index in [1.165, 1.54) is 6.42 Å². The maximum absolute atomic E-state index is 11.6. The number of H-pyrrole nitrogens is 1. The molecule has 0 atom stereocenters. The molecule has 114 valence electrons. The number of nitrogens with one attached hydrogen (secondary N) is 2. The lowest BCUT2D eigenvalue weighted by molar-refractivity contribution is 0.0946. The van der Waals surface area contributed by atoms with Gasteiger partial charge >= 0.3 is 0 Å². The SMILES string of the molecule is CC.CCC.O=C1NCCc2[nH]c(-c3ccncc3)cc21. The summed E-state index contributed by atoms with van der Waals surface area (Å²) < 4.78 is 0. The van der Waals surface area contributed by atoms with Gasteiger partial charge in [0.2, 0.25) is 0 Å². The van der Waals surface area contributed by atoms with Crippen LogP contribution in [0.5, 0.6) is 0 Å². The lowest BCUT2D eigenvalue weighted by atomic mass is 10.1. The molecule has 21 heavy (non-hydrogen) atoms. The molecular formula is C17H25N3O. The van der Waals surface area contributed by atoms with Crippen molar-refractivity contribution in [3.05, 3.63) is 41.9 Å². The Morgan fingerprint density at radius 3 is 2.38 bits per heavy atom. The first kappa shape index (κ1) is 17.0. The number of aromatic amines is 1. The van der Waals surface area contributed by atoms with Crippen LogP contribution in [0.2, 0.25) is 0 Å². The number of hydrogen-bond donors (Lipinski definition) is 2. The van der Waals surface area contributed by atoms with Crippen molar-refractivity contribution in [1.82, 2.24) is 15.3 Å². The van der Waals surface area contributed by atoms with Gasteiger partial charge in [-0.3, -0.25) is 9.78 Å². The van der Waals surface area contributed by atoms with Crippen LogP contribution in [0.15, 0.2) is 30.6 Å². The Balaban J connectivity index is 0.000000395. The summed E-state index contributed by atoms with van der Waals surface area (Å²) in [6.45, 7) is 8.96. The summed E-state index contributed by atoms with van der Waals surface area (Å²) in [4.78, 5) is 18.9. The third kappa shape index (κ3) is 4.45. The number of hydrogen-bond acceptors (Lipinski definition) is 2. The van der Waals surface area contributed by atoms with Gasteiger partial charge in [-0.15, -0.1) is 0 Å². The van der Waals surface area contributed by atoms with Crippen LogP contribution in [0.1, 0.15) is 50.2 Å². The fourth-order valence-corrected chi connectivity index (χ4v) is 1.98. The zero-order valence-electron chi connectivity index (χ0n) is 13.4. The molecule has 1 aliphatic heterocycles. The molecule has 0 saturated carbocycles. The third-order valence-corrected chi connectivity index (χ3v) is 2.80. The molecule has 0 spiro atoms. The van der Waals surface area contributed by atoms with Crippen molar-refractivity contribution in [1.29, 1.82) is 0 Å². The fourth-order valence-electron chi connectivity index (χ4n) is 1.98. The molecule has 0 radical (unpaired) electrons. The standard InChI is InChI=1S/C12H11N3O.C3H8.C2H6/c16-12-9-7-11(8-1-4-13-5-2-8)15-10(9)3-6-14-12;1-3-2;1-2/h1-2,4-5,7,15H,3,6H2,(H,14,16);3H2,1-2H3;1-2H3. The smallest absolute Gasteiger partial charge is 0.253 e. The normalized spacial score (nSPS) is 12.1. The molecule has 2 aromatic rings. The van der Waals surface area contributed by atoms with E-state index >= 15 is 0 Å². The fraction of sp³-hybridized carbons (Fsp3) is 0.412. The number of aromatic nitrogens is 2. The van der Waals surface area contributed by atoms with E-state index in [1.54, 1.807) is 12.4 Å². The lowest BCUT2D eigenvalue weighted by Crippen LogP contribution is -2.31. The molecule has 1 aliphatic rings. The van der Waals surface area contributed by atoms with Gasteiger partial charge in [-0.1, -0.05) is 34.1 Å². The van der Waals surface area contributed by atoms with Gasteiger partial charge in [0.15, 0.2) is 0 Å². The van der Waals surface area contributed by atoms with Gasteiger partial charge in [-0.2, -0.15) is 0 Å². The van der Waals surface area contributed by atoms with Gasteiger partial charge in [-0.25, -0.2) is 0 Å². The van der Waals surface area contributed by atoms with Crippen molar-refractivity contribution < 1.29 is 4.79 Å². The molecule has 0 unspecified atom stereocenters. The molecule has 4 nitrogen and oxygen atoms in total. The van der Waals surface area contributed by atoms with Gasteiger partial charge in [0.05, 0.1) is 5.56 Å². The summed E-state index contributed by atoms with van der Waals surface area (Å²) in [5.41, 5.74) is 3.82. The van der Waals surface area contributed by atoms with E-state index in [-0.39, 0.29) is 5.91 Å². The van der Waals surface area contributed by atoms with Crippen molar-refractivity contribution in [3.63, 3.8) is 0 Å². The first-order valence-electron chi connectivity index (χ1n) is 7.66. The second-order valence-electron chi connectivity index (χ2n) is 4.52. The predicted octanol–water partition coefficient (Wildman–Crippen LogP) is 3.81. The van der Waals surface area contributed by atoms with Crippen molar-refractivity contribution in [3.8, 4) is 11.3 Å². The van der Waals surface area contributed by atoms with Crippen LogP contribution in [0.4, 0.5) is 0 Å². The molecule has 0 aromatic carbocycles. The van der Waals surface area contributed by atoms with Crippen LogP contribution in [0, 0.1) is 0 Å². The molecular weight excluding hydrogens is 262 g/mol. The first-order valence-corrected chi connectivity index (χ1v) is 7.66. The molecule has 0 aliphatic carbocycles. The average molecular weight is 287 g/mol. The van der Waals surface area contributed by atoms with Gasteiger partial charge in [-0.05, 0) is 18.2 Å². The molecule has 0 saturated heterocycles. The molecule has 2 aromatic heterocycles. The summed E-state index contributed by atoms with van der Waals surface area (Å²) in [7, 11) is 0. The van der Waals surface area contributed by atoms with Crippen LogP contribution in [-0.4, -0.2) is 22.4 Å². The van der Waals surface area contributed by atoms with E-state index in [0.717, 1.165) is 28.9 Å². The second kappa shape index (κ2) is 8.95. The van der Waals surface area contributed by atoms with Crippen LogP contribution < -0.4 is 5.32 Å². The van der Waals surface area contributed by atoms with Gasteiger partial charge in [0, 0.05) is 42.3 Å². The molecule has 0 bridgehead atoms. The summed E-state index contributed by atoms with van der Waals surface area (Å²) in [6.07, 6.45) is 5.61. The van der Waals surface area contributed by atoms with Gasteiger partial charge in [0.25, 0.3) is 5.91 Å². The van der Waals surface area contributed by atoms with E-state index in [1.807, 2.05) is 32.0 Å². The average Bonchev–Trinajstić information content (AvgIpc) is 2.97. The van der Waals surface area contributed by atoms with Crippen molar-refractivity contribution >= 4 is 5.91 Å². The minimum absolute atomic E-state index is 0.0119. The molecule has 3 rings (SSSR count). The highest BCUT2D eigenvalue weighted by atomic mass is 16.1. The minimum atomic E-state index is 0.0119. The highest BCUT2D eigenvalue weighted by Gasteiger charge is 2.19. The number of pyridine rings is 1. The number of nitrogens with zero attached hydrogens (tertiary/aromatic N) is 1. The summed E-state index contributed by atoms with van der Waals surface area (Å²) in [6, 6.07) is 5.75. The van der Waals surface area contributed by atoms with E-state index in [0.29, 0.717) is 6.54 Å². The Morgan fingerprint density at radius 2 is 1.81 bits per heavy atom. The maximum Gasteiger partial charge on any atom is 0.253 e. The summed E-state index contributed by atoms with van der Waals surface area (Å²) >= 11 is 0. The Labute approximate surface area is 127 Å². The highest BCUT2D eigenvalue weighted by Crippen LogP contribution is 2.23. The molecule has 0 fully saturated rings. The largest absolute Gasteiger partial charge is 0.358 e. The zero-order valence-corrected chi connectivity index (χ0v) is 13.4. The van der Waals surface area contributed by atoms with Crippen LogP contribution in [-0.2, 0) is 6.42 Å². The van der Waals surface area contributed by atoms with E-state index in [2.05, 4.69) is 29.1 Å². The summed E-state index contributed by atoms with van der Waals surface area (Å²) in [5.74, 6) is 0.0119. The second-order valence-corrected chi connectivity index (χ2v) is 4.52. The van der Waals surface area contributed by atoms with Crippen LogP contribution >= 0.6 is 0 Å². The van der Waals surface area contributed by atoms with Crippen LogP contribution in [0.25, 0.3) is 11.3 Å². The quantitative estimate of drug-likeness (QED) is 0.838. The zero-order chi connectivity index (χ0) is 15.7. The van der Waals surface area contributed by atoms with Gasteiger partial charge < -0.3 is 10.3 Å². The van der Waals surface area contributed by atoms with E-state index in [4.69, 9.17) is 0 Å². The highest BCUT2D eigenvalue weighted by molar-refractivity contribution is 5.97. The number of fused-ring (bicyclic) bond motifs is 1. The van der Waals surface area contributed by atoms with Crippen molar-refractivity contribution in [2.45, 2.75) is 40.5 Å². The lowest BCUT2D eigenvalue weighted by Gasteiger charge is -2.10. The molecule has 1 amide bonds.